The first kappa shape index (κ1) is 10.2. The van der Waals surface area contributed by atoms with Crippen LogP contribution in [0.1, 0.15) is 0 Å². The number of nitrogens with zero attached hydrogens (tertiary/aromatic N) is 3. The predicted molar refractivity (Wildman–Crippen MR) is 66.8 cm³/mol. The summed E-state index contributed by atoms with van der Waals surface area (Å²) in [6.07, 6.45) is 1.60. The number of rotatable bonds is 1. The van der Waals surface area contributed by atoms with Gasteiger partial charge in [0, 0.05) is 5.69 Å². The van der Waals surface area contributed by atoms with Crippen LogP contribution in [0.15, 0.2) is 41.4 Å². The first-order valence-electron chi connectivity index (χ1n) is 4.98. The van der Waals surface area contributed by atoms with E-state index in [0.29, 0.717) is 15.9 Å². The van der Waals surface area contributed by atoms with Crippen molar-refractivity contribution in [3.05, 3.63) is 46.9 Å². The van der Waals surface area contributed by atoms with Gasteiger partial charge >= 0.3 is 0 Å². The molecule has 1 aromatic carbocycles. The summed E-state index contributed by atoms with van der Waals surface area (Å²) >= 11 is 3.27. The van der Waals surface area contributed by atoms with Crippen molar-refractivity contribution >= 4 is 27.1 Å². The summed E-state index contributed by atoms with van der Waals surface area (Å²) in [5.74, 6) is 0. The van der Waals surface area contributed by atoms with Crippen LogP contribution in [0.5, 0.6) is 0 Å². The maximum atomic E-state index is 7.72. The van der Waals surface area contributed by atoms with Crippen LogP contribution < -0.4 is 5.49 Å². The second-order valence-electron chi connectivity index (χ2n) is 3.52. The van der Waals surface area contributed by atoms with Gasteiger partial charge in [-0.25, -0.2) is 9.97 Å². The summed E-state index contributed by atoms with van der Waals surface area (Å²) in [7, 11) is 0. The van der Waals surface area contributed by atoms with Crippen LogP contribution in [-0.4, -0.2) is 19.5 Å². The molecule has 0 aliphatic rings. The second-order valence-corrected chi connectivity index (χ2v) is 4.28. The molecule has 0 saturated heterocycles. The lowest BCUT2D eigenvalue weighted by atomic mass is 10.3. The topological polar surface area (TPSA) is 70.3 Å². The first-order chi connectivity index (χ1) is 8.25. The molecule has 0 amide bonds. The Morgan fingerprint density at radius 2 is 2.00 bits per heavy atom. The van der Waals surface area contributed by atoms with Crippen LogP contribution in [0.4, 0.5) is 0 Å². The van der Waals surface area contributed by atoms with Crippen LogP contribution in [0.3, 0.4) is 0 Å². The zero-order valence-corrected chi connectivity index (χ0v) is 10.3. The van der Waals surface area contributed by atoms with Crippen LogP contribution in [0, 0.1) is 5.41 Å². The van der Waals surface area contributed by atoms with Gasteiger partial charge in [-0.2, -0.15) is 0 Å². The Kier molecular flexibility index (Phi) is 2.29. The highest BCUT2D eigenvalue weighted by Crippen LogP contribution is 2.15. The summed E-state index contributed by atoms with van der Waals surface area (Å²) in [5.41, 5.74) is 2.45. The number of hydrogen-bond acceptors (Lipinski definition) is 3. The molecule has 5 nitrogen and oxygen atoms in total. The monoisotopic (exact) mass is 289 g/mol. The van der Waals surface area contributed by atoms with Gasteiger partial charge in [0.15, 0.2) is 15.9 Å². The number of aromatic amines is 1. The van der Waals surface area contributed by atoms with Crippen molar-refractivity contribution in [2.24, 2.45) is 0 Å². The molecule has 2 heterocycles. The van der Waals surface area contributed by atoms with Crippen molar-refractivity contribution in [2.45, 2.75) is 0 Å². The Balaban J connectivity index is 2.38. The minimum absolute atomic E-state index is 0.186. The van der Waals surface area contributed by atoms with E-state index in [9.17, 15) is 0 Å². The lowest BCUT2D eigenvalue weighted by molar-refractivity contribution is 0.970. The number of hydrogen-bond donors (Lipinski definition) is 2. The predicted octanol–water partition coefficient (Wildman–Crippen LogP) is 1.99. The van der Waals surface area contributed by atoms with Crippen molar-refractivity contribution in [3.63, 3.8) is 0 Å². The van der Waals surface area contributed by atoms with E-state index >= 15 is 0 Å². The highest BCUT2D eigenvalue weighted by atomic mass is 79.9. The van der Waals surface area contributed by atoms with Gasteiger partial charge in [-0.05, 0) is 28.1 Å². The molecule has 2 N–H and O–H groups in total. The Morgan fingerprint density at radius 3 is 2.76 bits per heavy atom. The van der Waals surface area contributed by atoms with Crippen molar-refractivity contribution in [2.75, 3.05) is 0 Å². The molecule has 0 spiro atoms. The molecule has 84 valence electrons. The molecule has 2 aromatic heterocycles. The summed E-state index contributed by atoms with van der Waals surface area (Å²) < 4.78 is 2.44. The minimum atomic E-state index is 0.186. The fourth-order valence-electron chi connectivity index (χ4n) is 1.69. The van der Waals surface area contributed by atoms with Gasteiger partial charge in [0.05, 0.1) is 0 Å². The molecular weight excluding hydrogens is 282 g/mol. The van der Waals surface area contributed by atoms with Gasteiger partial charge in [0.1, 0.15) is 11.8 Å². The number of fused-ring (bicyclic) bond motifs is 1. The quantitative estimate of drug-likeness (QED) is 0.673. The van der Waals surface area contributed by atoms with Crippen LogP contribution in [0.25, 0.3) is 16.9 Å². The average Bonchev–Trinajstić information content (AvgIpc) is 2.73. The zero-order chi connectivity index (χ0) is 11.8. The summed E-state index contributed by atoms with van der Waals surface area (Å²) in [5, 5.41) is 7.72. The van der Waals surface area contributed by atoms with Crippen LogP contribution in [0.2, 0.25) is 0 Å². The number of halogens is 1. The van der Waals surface area contributed by atoms with Gasteiger partial charge in [-0.3, -0.25) is 9.98 Å². The van der Waals surface area contributed by atoms with E-state index in [-0.39, 0.29) is 5.49 Å². The van der Waals surface area contributed by atoms with Crippen molar-refractivity contribution < 1.29 is 0 Å². The molecule has 3 aromatic rings. The maximum absolute atomic E-state index is 7.72. The molecule has 0 saturated carbocycles. The third-order valence-electron chi connectivity index (χ3n) is 2.46. The van der Waals surface area contributed by atoms with Crippen molar-refractivity contribution in [1.29, 1.82) is 5.41 Å². The number of H-pyrrole nitrogens is 1. The van der Waals surface area contributed by atoms with E-state index in [0.717, 1.165) is 5.69 Å². The molecule has 17 heavy (non-hydrogen) atoms. The Bertz CT molecular complexity index is 728. The largest absolute Gasteiger partial charge is 0.328 e. The van der Waals surface area contributed by atoms with E-state index in [1.54, 1.807) is 6.33 Å². The van der Waals surface area contributed by atoms with E-state index in [2.05, 4.69) is 30.9 Å². The molecule has 0 atom stereocenters. The number of aromatic nitrogens is 4. The SMILES string of the molecule is N=c1ncn(-c2ccccc2)c2nc(Br)[nH]c12. The van der Waals surface area contributed by atoms with E-state index in [1.165, 1.54) is 0 Å². The Hall–Kier alpha value is -1.95. The van der Waals surface area contributed by atoms with Gasteiger partial charge in [-0.15, -0.1) is 0 Å². The number of benzene rings is 1. The molecule has 0 aliphatic carbocycles. The van der Waals surface area contributed by atoms with Crippen molar-refractivity contribution in [1.82, 2.24) is 19.5 Å². The fraction of sp³-hybridized carbons (Fsp3) is 0. The third kappa shape index (κ3) is 1.66. The number of imidazole rings is 1. The zero-order valence-electron chi connectivity index (χ0n) is 8.68. The lowest BCUT2D eigenvalue weighted by Crippen LogP contribution is -2.11. The molecular formula is C11H8BrN5. The molecule has 6 heteroatoms. The third-order valence-corrected chi connectivity index (χ3v) is 2.83. The van der Waals surface area contributed by atoms with E-state index in [4.69, 9.17) is 5.41 Å². The molecule has 0 unspecified atom stereocenters. The average molecular weight is 290 g/mol. The van der Waals surface area contributed by atoms with E-state index < -0.39 is 0 Å². The number of para-hydroxylation sites is 1. The molecule has 3 rings (SSSR count). The smallest absolute Gasteiger partial charge is 0.177 e. The van der Waals surface area contributed by atoms with Gasteiger partial charge < -0.3 is 4.98 Å². The normalized spacial score (nSPS) is 10.9. The summed E-state index contributed by atoms with van der Waals surface area (Å²) in [6, 6.07) is 9.78. The van der Waals surface area contributed by atoms with Gasteiger partial charge in [0.25, 0.3) is 0 Å². The first-order valence-corrected chi connectivity index (χ1v) is 5.78. The Labute approximate surface area is 105 Å². The maximum Gasteiger partial charge on any atom is 0.177 e. The molecule has 0 bridgehead atoms. The minimum Gasteiger partial charge on any atom is -0.328 e. The van der Waals surface area contributed by atoms with Crippen LogP contribution >= 0.6 is 15.9 Å². The summed E-state index contributed by atoms with van der Waals surface area (Å²) in [6.45, 7) is 0. The fourth-order valence-corrected chi connectivity index (χ4v) is 2.05. The molecule has 0 radical (unpaired) electrons. The highest BCUT2D eigenvalue weighted by molar-refractivity contribution is 9.10. The standard InChI is InChI=1S/C11H8BrN5/c12-11-15-8-9(13)14-6-17(10(8)16-11)7-4-2-1-3-5-7/h1-6,13H,(H,15,16). The van der Waals surface area contributed by atoms with Crippen LogP contribution in [-0.2, 0) is 0 Å². The molecule has 0 aliphatic heterocycles. The lowest BCUT2D eigenvalue weighted by Gasteiger charge is -2.05. The van der Waals surface area contributed by atoms with E-state index in [1.807, 2.05) is 34.9 Å². The second kappa shape index (κ2) is 3.81. The Morgan fingerprint density at radius 1 is 1.24 bits per heavy atom. The van der Waals surface area contributed by atoms with Gasteiger partial charge in [-0.1, -0.05) is 18.2 Å². The summed E-state index contributed by atoms with van der Waals surface area (Å²) in [4.78, 5) is 11.3. The van der Waals surface area contributed by atoms with Gasteiger partial charge in [0.2, 0.25) is 0 Å². The molecule has 0 fully saturated rings. The number of nitrogens with one attached hydrogen (secondary N) is 2. The van der Waals surface area contributed by atoms with Crippen molar-refractivity contribution in [3.8, 4) is 5.69 Å². The highest BCUT2D eigenvalue weighted by Gasteiger charge is 2.08.